The maximum Gasteiger partial charge on any atom is 0.253 e. The molecule has 5 rings (SSSR count). The fourth-order valence-corrected chi connectivity index (χ4v) is 8.42. The maximum absolute atomic E-state index is 15.1. The lowest BCUT2D eigenvalue weighted by molar-refractivity contribution is -0.144. The van der Waals surface area contributed by atoms with Gasteiger partial charge in [-0.15, -0.1) is 13.2 Å². The molecule has 3 heterocycles. The molecule has 3 amide bonds. The molecule has 10 heteroatoms. The molecule has 1 spiro atoms. The first kappa shape index (κ1) is 37.1. The van der Waals surface area contributed by atoms with Crippen molar-refractivity contribution in [1.82, 2.24) is 4.90 Å². The van der Waals surface area contributed by atoms with Gasteiger partial charge >= 0.3 is 0 Å². The number of aliphatic hydroxyl groups is 1. The Hall–Kier alpha value is -4.15. The molecule has 2 aromatic carbocycles. The molecule has 0 aromatic heterocycles. The van der Waals surface area contributed by atoms with Gasteiger partial charge in [0.25, 0.3) is 5.91 Å². The highest BCUT2D eigenvalue weighted by molar-refractivity contribution is 6.06. The van der Waals surface area contributed by atoms with Crippen molar-refractivity contribution in [2.45, 2.75) is 77.7 Å². The summed E-state index contributed by atoms with van der Waals surface area (Å²) in [6.45, 7) is 20.4. The Morgan fingerprint density at radius 1 is 0.960 bits per heavy atom. The number of ether oxygens (including phenoxy) is 2. The van der Waals surface area contributed by atoms with Gasteiger partial charge in [0.1, 0.15) is 17.4 Å². The molecule has 6 atom stereocenters. The molecule has 3 aliphatic rings. The molecule has 0 aliphatic carbocycles. The van der Waals surface area contributed by atoms with E-state index in [0.29, 0.717) is 43.0 Å². The van der Waals surface area contributed by atoms with E-state index in [0.717, 1.165) is 18.8 Å². The number of hydrogen-bond donors (Lipinski definition) is 1. The molecule has 0 radical (unpaired) electrons. The molecule has 3 aliphatic heterocycles. The van der Waals surface area contributed by atoms with Crippen LogP contribution in [-0.2, 0) is 19.1 Å². The van der Waals surface area contributed by atoms with E-state index in [9.17, 15) is 14.7 Å². The van der Waals surface area contributed by atoms with Crippen LogP contribution in [0.5, 0.6) is 5.75 Å². The van der Waals surface area contributed by atoms with Gasteiger partial charge in [-0.1, -0.05) is 26.0 Å². The van der Waals surface area contributed by atoms with E-state index in [2.05, 4.69) is 31.9 Å². The predicted molar refractivity (Wildman–Crippen MR) is 197 cm³/mol. The molecule has 3 saturated heterocycles. The summed E-state index contributed by atoms with van der Waals surface area (Å²) in [5.41, 5.74) is 1.16. The first-order chi connectivity index (χ1) is 24.1. The monoisotopic (exact) mass is 686 g/mol. The molecule has 50 heavy (non-hydrogen) atoms. The number of hydrogen-bond acceptors (Lipinski definition) is 7. The highest BCUT2D eigenvalue weighted by Crippen LogP contribution is 2.59. The minimum Gasteiger partial charge on any atom is -0.494 e. The Bertz CT molecular complexity index is 1520. The molecule has 270 valence electrons. The third kappa shape index (κ3) is 6.67. The number of likely N-dealkylation sites (tertiary alicyclic amines) is 1. The van der Waals surface area contributed by atoms with Crippen LogP contribution in [-0.4, -0.2) is 90.9 Å². The molecule has 2 aromatic rings. The van der Waals surface area contributed by atoms with E-state index in [1.807, 2.05) is 69.3 Å². The smallest absolute Gasteiger partial charge is 0.253 e. The quantitative estimate of drug-likeness (QED) is 0.221. The molecule has 2 bridgehead atoms. The van der Waals surface area contributed by atoms with Gasteiger partial charge in [-0.05, 0) is 94.5 Å². The lowest BCUT2D eigenvalue weighted by atomic mass is 9.70. The van der Waals surface area contributed by atoms with Crippen molar-refractivity contribution in [3.05, 3.63) is 73.8 Å². The van der Waals surface area contributed by atoms with Gasteiger partial charge < -0.3 is 34.2 Å². The van der Waals surface area contributed by atoms with Gasteiger partial charge in [0.2, 0.25) is 11.8 Å². The second-order valence-electron chi connectivity index (χ2n) is 13.9. The van der Waals surface area contributed by atoms with E-state index >= 15 is 4.79 Å². The van der Waals surface area contributed by atoms with Crippen LogP contribution in [0.1, 0.15) is 53.9 Å². The zero-order valence-corrected chi connectivity index (χ0v) is 30.3. The number of carbonyl (C=O) groups is 3. The van der Waals surface area contributed by atoms with Crippen molar-refractivity contribution >= 4 is 34.8 Å². The van der Waals surface area contributed by atoms with Crippen molar-refractivity contribution < 1.29 is 29.0 Å². The Morgan fingerprint density at radius 2 is 1.52 bits per heavy atom. The number of nitrogens with zero attached hydrogens (tertiary/aromatic N) is 4. The van der Waals surface area contributed by atoms with E-state index in [-0.39, 0.29) is 43.3 Å². The third-order valence-corrected chi connectivity index (χ3v) is 10.5. The zero-order valence-electron chi connectivity index (χ0n) is 30.3. The van der Waals surface area contributed by atoms with Gasteiger partial charge in [-0.25, -0.2) is 0 Å². The van der Waals surface area contributed by atoms with Crippen molar-refractivity contribution in [3.63, 3.8) is 0 Å². The lowest BCUT2D eigenvalue weighted by Gasteiger charge is -2.39. The van der Waals surface area contributed by atoms with Crippen LogP contribution in [0.25, 0.3) is 0 Å². The third-order valence-electron chi connectivity index (χ3n) is 10.5. The summed E-state index contributed by atoms with van der Waals surface area (Å²) in [4.78, 5) is 51.7. The van der Waals surface area contributed by atoms with E-state index in [1.165, 1.54) is 0 Å². The molecule has 0 saturated carbocycles. The summed E-state index contributed by atoms with van der Waals surface area (Å²) in [7, 11) is 0. The molecule has 2 unspecified atom stereocenters. The minimum absolute atomic E-state index is 0.142. The predicted octanol–water partition coefficient (Wildman–Crippen LogP) is 5.45. The van der Waals surface area contributed by atoms with Crippen LogP contribution in [0.15, 0.2) is 73.8 Å². The molecule has 10 nitrogen and oxygen atoms in total. The van der Waals surface area contributed by atoms with Crippen molar-refractivity contribution in [1.29, 1.82) is 0 Å². The van der Waals surface area contributed by atoms with Crippen LogP contribution >= 0.6 is 0 Å². The standard InChI is InChI=1S/C40H54N4O6/c1-8-23-42(30-17-19-32(20-18-30)49-12-5)37(46)34-33-21-22-40(50-33)35(34)38(47)44(31(26-45)25-27(6)7)36(40)39(48)43(24-9-2)29-15-13-28(14-16-29)41(10-3)11-4/h8-9,13-20,27,31,33-36,45H,1-2,10-12,21-26H2,3-7H3/t31-,33-,34+,35+,36?,40?/m1/s1. The van der Waals surface area contributed by atoms with Crippen LogP contribution in [0, 0.1) is 17.8 Å². The van der Waals surface area contributed by atoms with Gasteiger partial charge in [-0.3, -0.25) is 14.4 Å². The number of amides is 3. The SMILES string of the molecule is C=CCN(C(=O)C1N([C@@H](CO)CC(C)C)C(=O)[C@@H]2[C@@H](C(=O)N(CC=C)c3ccc(OCC)cc3)[C@H]3CCC12O3)c1ccc(N(CC)CC)cc1. The fraction of sp³-hybridized carbons (Fsp3) is 0.525. The molecular formula is C40H54N4O6. The molecule has 3 fully saturated rings. The first-order valence-electron chi connectivity index (χ1n) is 18.1. The first-order valence-corrected chi connectivity index (χ1v) is 18.1. The zero-order chi connectivity index (χ0) is 36.2. The van der Waals surface area contributed by atoms with E-state index in [4.69, 9.17) is 9.47 Å². The summed E-state index contributed by atoms with van der Waals surface area (Å²) in [6, 6.07) is 13.5. The number of anilines is 3. The number of fused-ring (bicyclic) bond motifs is 1. The van der Waals surface area contributed by atoms with Gasteiger partial charge in [-0.2, -0.15) is 0 Å². The molecular weight excluding hydrogens is 632 g/mol. The maximum atomic E-state index is 15.1. The normalized spacial score (nSPS) is 24.2. The Labute approximate surface area is 297 Å². The summed E-state index contributed by atoms with van der Waals surface area (Å²) in [5.74, 6) is -1.71. The summed E-state index contributed by atoms with van der Waals surface area (Å²) in [6.07, 6.45) is 4.30. The Morgan fingerprint density at radius 3 is 2.04 bits per heavy atom. The van der Waals surface area contributed by atoms with E-state index in [1.54, 1.807) is 26.9 Å². The number of benzene rings is 2. The fourth-order valence-electron chi connectivity index (χ4n) is 8.42. The summed E-state index contributed by atoms with van der Waals surface area (Å²) in [5, 5.41) is 10.7. The second-order valence-corrected chi connectivity index (χ2v) is 13.9. The van der Waals surface area contributed by atoms with Crippen LogP contribution < -0.4 is 19.4 Å². The number of aliphatic hydroxyl groups excluding tert-OH is 1. The van der Waals surface area contributed by atoms with Crippen molar-refractivity contribution in [3.8, 4) is 5.75 Å². The average molecular weight is 687 g/mol. The minimum atomic E-state index is -1.22. The number of rotatable bonds is 17. The Balaban J connectivity index is 1.56. The van der Waals surface area contributed by atoms with Gasteiger partial charge in [0.15, 0.2) is 0 Å². The summed E-state index contributed by atoms with van der Waals surface area (Å²) < 4.78 is 12.4. The number of carbonyl (C=O) groups excluding carboxylic acids is 3. The topological polar surface area (TPSA) is 103 Å². The van der Waals surface area contributed by atoms with Crippen molar-refractivity contribution in [2.24, 2.45) is 17.8 Å². The van der Waals surface area contributed by atoms with E-state index < -0.39 is 35.6 Å². The highest BCUT2D eigenvalue weighted by Gasteiger charge is 2.75. The molecule has 1 N–H and O–H groups in total. The lowest BCUT2D eigenvalue weighted by Crippen LogP contribution is -2.59. The van der Waals surface area contributed by atoms with Crippen LogP contribution in [0.3, 0.4) is 0 Å². The highest BCUT2D eigenvalue weighted by atomic mass is 16.5. The van der Waals surface area contributed by atoms with Crippen LogP contribution in [0.4, 0.5) is 17.1 Å². The van der Waals surface area contributed by atoms with Crippen molar-refractivity contribution in [2.75, 3.05) is 54.1 Å². The van der Waals surface area contributed by atoms with Crippen LogP contribution in [0.2, 0.25) is 0 Å². The Kier molecular flexibility index (Phi) is 11.7. The average Bonchev–Trinajstić information content (AvgIpc) is 3.76. The second kappa shape index (κ2) is 15.8. The summed E-state index contributed by atoms with van der Waals surface area (Å²) >= 11 is 0. The largest absolute Gasteiger partial charge is 0.494 e. The van der Waals surface area contributed by atoms with Gasteiger partial charge in [0.05, 0.1) is 37.2 Å². The van der Waals surface area contributed by atoms with Gasteiger partial charge in [0, 0.05) is 43.2 Å².